The summed E-state index contributed by atoms with van der Waals surface area (Å²) in [6, 6.07) is 0. The number of hydrogen-bond donors (Lipinski definition) is 1. The number of allylic oxidation sites excluding steroid dienone is 2. The van der Waals surface area contributed by atoms with Crippen LogP contribution in [0.15, 0.2) is 12.2 Å². The van der Waals surface area contributed by atoms with E-state index in [-0.39, 0.29) is 6.10 Å². The first-order chi connectivity index (χ1) is 5.38. The van der Waals surface area contributed by atoms with Crippen LogP contribution in [0.25, 0.3) is 0 Å². The first-order valence-electron chi connectivity index (χ1n) is 4.74. The van der Waals surface area contributed by atoms with Crippen molar-refractivity contribution in [3.8, 4) is 0 Å². The van der Waals surface area contributed by atoms with Gasteiger partial charge in [-0.3, -0.25) is 0 Å². The minimum Gasteiger partial charge on any atom is -0.393 e. The van der Waals surface area contributed by atoms with Crippen LogP contribution in [0.2, 0.25) is 0 Å². The summed E-state index contributed by atoms with van der Waals surface area (Å²) in [5.41, 5.74) is 0. The lowest BCUT2D eigenvalue weighted by Crippen LogP contribution is -2.57. The Bertz CT molecular complexity index is 258. The maximum absolute atomic E-state index is 9.70. The summed E-state index contributed by atoms with van der Waals surface area (Å²) in [6.45, 7) is 0. The van der Waals surface area contributed by atoms with Gasteiger partial charge in [-0.1, -0.05) is 12.2 Å². The number of rotatable bonds is 0. The van der Waals surface area contributed by atoms with Crippen molar-refractivity contribution in [3.05, 3.63) is 12.2 Å². The standard InChI is InChI=1S/C10H12O/c11-7-3-6-4-1-2-5-8(4)10(6)9(5)7/h1-2,4-11H,3H2. The summed E-state index contributed by atoms with van der Waals surface area (Å²) in [5, 5.41) is 9.70. The highest BCUT2D eigenvalue weighted by molar-refractivity contribution is 5.30. The van der Waals surface area contributed by atoms with Gasteiger partial charge in [0, 0.05) is 0 Å². The molecule has 0 saturated heterocycles. The average Bonchev–Trinajstić information content (AvgIpc) is 2.15. The van der Waals surface area contributed by atoms with Gasteiger partial charge in [0.25, 0.3) is 0 Å². The quantitative estimate of drug-likeness (QED) is 0.509. The van der Waals surface area contributed by atoms with E-state index in [9.17, 15) is 5.11 Å². The predicted octanol–water partition coefficient (Wildman–Crippen LogP) is 1.05. The van der Waals surface area contributed by atoms with Crippen molar-refractivity contribution in [2.45, 2.75) is 12.5 Å². The maximum atomic E-state index is 9.70. The predicted molar refractivity (Wildman–Crippen MR) is 40.7 cm³/mol. The summed E-state index contributed by atoms with van der Waals surface area (Å²) in [6.07, 6.45) is 5.96. The Morgan fingerprint density at radius 1 is 1.00 bits per heavy atom. The molecule has 4 aliphatic carbocycles. The minimum atomic E-state index is 0.0567. The zero-order valence-corrected chi connectivity index (χ0v) is 6.35. The van der Waals surface area contributed by atoms with Crippen LogP contribution in [-0.4, -0.2) is 11.2 Å². The van der Waals surface area contributed by atoms with Crippen molar-refractivity contribution >= 4 is 0 Å². The molecule has 4 rings (SSSR count). The van der Waals surface area contributed by atoms with Gasteiger partial charge in [0.05, 0.1) is 6.10 Å². The lowest BCUT2D eigenvalue weighted by atomic mass is 9.44. The molecule has 0 aromatic carbocycles. The summed E-state index contributed by atoms with van der Waals surface area (Å²) >= 11 is 0. The number of aliphatic hydroxyl groups is 1. The highest BCUT2D eigenvalue weighted by Crippen LogP contribution is 2.74. The van der Waals surface area contributed by atoms with Crippen LogP contribution in [0.1, 0.15) is 6.42 Å². The third-order valence-electron chi connectivity index (χ3n) is 4.72. The van der Waals surface area contributed by atoms with Crippen LogP contribution < -0.4 is 0 Å². The summed E-state index contributed by atoms with van der Waals surface area (Å²) < 4.78 is 0. The molecule has 0 radical (unpaired) electrons. The minimum absolute atomic E-state index is 0.0567. The fraction of sp³-hybridized carbons (Fsp3) is 0.800. The smallest absolute Gasteiger partial charge is 0.0580 e. The first kappa shape index (κ1) is 5.36. The highest BCUT2D eigenvalue weighted by atomic mass is 16.3. The van der Waals surface area contributed by atoms with Crippen molar-refractivity contribution in [1.29, 1.82) is 0 Å². The molecule has 3 fully saturated rings. The van der Waals surface area contributed by atoms with Crippen LogP contribution in [-0.2, 0) is 0 Å². The van der Waals surface area contributed by atoms with Crippen molar-refractivity contribution in [2.24, 2.45) is 35.5 Å². The van der Waals surface area contributed by atoms with Gasteiger partial charge in [-0.25, -0.2) is 0 Å². The van der Waals surface area contributed by atoms with E-state index in [0.717, 1.165) is 36.0 Å². The number of hydrogen-bond acceptors (Lipinski definition) is 1. The van der Waals surface area contributed by atoms with Gasteiger partial charge in [-0.15, -0.1) is 0 Å². The van der Waals surface area contributed by atoms with Gasteiger partial charge in [0.2, 0.25) is 0 Å². The fourth-order valence-corrected chi connectivity index (χ4v) is 4.41. The van der Waals surface area contributed by atoms with E-state index in [1.165, 1.54) is 0 Å². The van der Waals surface area contributed by atoms with Crippen LogP contribution in [0.3, 0.4) is 0 Å². The van der Waals surface area contributed by atoms with E-state index in [2.05, 4.69) is 12.2 Å². The van der Waals surface area contributed by atoms with E-state index < -0.39 is 0 Å². The van der Waals surface area contributed by atoms with E-state index in [1.807, 2.05) is 0 Å². The number of fused-ring (bicyclic) bond motifs is 2. The summed E-state index contributed by atoms with van der Waals surface area (Å²) in [5.74, 6) is 5.17. The molecule has 11 heavy (non-hydrogen) atoms. The van der Waals surface area contributed by atoms with Crippen molar-refractivity contribution < 1.29 is 5.11 Å². The zero-order valence-electron chi connectivity index (χ0n) is 6.35. The van der Waals surface area contributed by atoms with Crippen LogP contribution >= 0.6 is 0 Å². The second kappa shape index (κ2) is 1.31. The molecule has 0 aromatic heterocycles. The molecular weight excluding hydrogens is 136 g/mol. The molecule has 4 aliphatic rings. The third-order valence-corrected chi connectivity index (χ3v) is 4.72. The molecule has 0 heterocycles. The van der Waals surface area contributed by atoms with Crippen LogP contribution in [0, 0.1) is 35.5 Å². The van der Waals surface area contributed by atoms with Crippen LogP contribution in [0.4, 0.5) is 0 Å². The monoisotopic (exact) mass is 148 g/mol. The Morgan fingerprint density at radius 3 is 2.73 bits per heavy atom. The van der Waals surface area contributed by atoms with E-state index in [0.29, 0.717) is 5.92 Å². The Balaban J connectivity index is 1.88. The molecule has 58 valence electrons. The molecule has 7 atom stereocenters. The average molecular weight is 148 g/mol. The molecule has 7 unspecified atom stereocenters. The second-order valence-corrected chi connectivity index (χ2v) is 4.74. The molecule has 0 bridgehead atoms. The SMILES string of the molecule is OC1CC2C3C=CC4C1C2C34. The molecule has 0 amide bonds. The molecule has 1 N–H and O–H groups in total. The first-order valence-corrected chi connectivity index (χ1v) is 4.74. The van der Waals surface area contributed by atoms with Crippen molar-refractivity contribution in [1.82, 2.24) is 0 Å². The van der Waals surface area contributed by atoms with Gasteiger partial charge in [0.1, 0.15) is 0 Å². The van der Waals surface area contributed by atoms with Gasteiger partial charge in [-0.05, 0) is 41.9 Å². The summed E-state index contributed by atoms with van der Waals surface area (Å²) in [4.78, 5) is 0. The van der Waals surface area contributed by atoms with Gasteiger partial charge < -0.3 is 5.11 Å². The van der Waals surface area contributed by atoms with E-state index in [4.69, 9.17) is 0 Å². The molecule has 1 heteroatoms. The third kappa shape index (κ3) is 0.347. The molecule has 3 saturated carbocycles. The van der Waals surface area contributed by atoms with Gasteiger partial charge in [0.15, 0.2) is 0 Å². The van der Waals surface area contributed by atoms with E-state index >= 15 is 0 Å². The molecular formula is C10H12O. The van der Waals surface area contributed by atoms with E-state index in [1.54, 1.807) is 0 Å². The highest BCUT2D eigenvalue weighted by Gasteiger charge is 2.71. The van der Waals surface area contributed by atoms with Crippen molar-refractivity contribution in [2.75, 3.05) is 0 Å². The molecule has 0 aliphatic heterocycles. The molecule has 1 nitrogen and oxygen atoms in total. The molecule has 0 spiro atoms. The number of aliphatic hydroxyl groups excluding tert-OH is 1. The lowest BCUT2D eigenvalue weighted by Gasteiger charge is -2.59. The Kier molecular flexibility index (Phi) is 0.637. The van der Waals surface area contributed by atoms with Crippen molar-refractivity contribution in [3.63, 3.8) is 0 Å². The zero-order chi connectivity index (χ0) is 7.16. The lowest BCUT2D eigenvalue weighted by molar-refractivity contribution is -0.128. The van der Waals surface area contributed by atoms with Crippen LogP contribution in [0.5, 0.6) is 0 Å². The summed E-state index contributed by atoms with van der Waals surface area (Å²) in [7, 11) is 0. The largest absolute Gasteiger partial charge is 0.393 e. The molecule has 0 aromatic rings. The van der Waals surface area contributed by atoms with Gasteiger partial charge >= 0.3 is 0 Å². The maximum Gasteiger partial charge on any atom is 0.0580 e. The Labute approximate surface area is 66.1 Å². The topological polar surface area (TPSA) is 20.2 Å². The Morgan fingerprint density at radius 2 is 1.82 bits per heavy atom. The normalized spacial score (nSPS) is 74.1. The second-order valence-electron chi connectivity index (χ2n) is 4.74. The Hall–Kier alpha value is -0.300. The fourth-order valence-electron chi connectivity index (χ4n) is 4.41. The van der Waals surface area contributed by atoms with Gasteiger partial charge in [-0.2, -0.15) is 0 Å².